The summed E-state index contributed by atoms with van der Waals surface area (Å²) >= 11 is 0. The zero-order valence-corrected chi connectivity index (χ0v) is 14.8. The second-order valence-corrected chi connectivity index (χ2v) is 6.24. The molecule has 0 aromatic rings. The van der Waals surface area contributed by atoms with Gasteiger partial charge in [0.15, 0.2) is 0 Å². The van der Waals surface area contributed by atoms with Crippen LogP contribution in [0.3, 0.4) is 0 Å². The van der Waals surface area contributed by atoms with E-state index >= 15 is 0 Å². The van der Waals surface area contributed by atoms with Gasteiger partial charge in [-0.3, -0.25) is 4.79 Å². The van der Waals surface area contributed by atoms with Gasteiger partial charge in [-0.25, -0.2) is 4.79 Å². The van der Waals surface area contributed by atoms with E-state index in [-0.39, 0.29) is 12.5 Å². The summed E-state index contributed by atoms with van der Waals surface area (Å²) in [4.78, 5) is 22.9. The molecule has 0 aliphatic heterocycles. The van der Waals surface area contributed by atoms with E-state index in [9.17, 15) is 9.59 Å². The number of allylic oxidation sites excluding steroid dienone is 1. The summed E-state index contributed by atoms with van der Waals surface area (Å²) in [7, 11) is 0. The highest BCUT2D eigenvalue weighted by molar-refractivity contribution is 5.81. The summed E-state index contributed by atoms with van der Waals surface area (Å²) in [6.45, 7) is 3.65. The highest BCUT2D eigenvalue weighted by Gasteiger charge is 2.20. The van der Waals surface area contributed by atoms with E-state index in [1.165, 1.54) is 50.5 Å². The maximum absolute atomic E-state index is 11.7. The average Bonchev–Trinajstić information content (AvgIpc) is 2.53. The Bertz CT molecular complexity index is 387. The molecular weight excluding hydrogens is 292 g/mol. The molecule has 0 spiro atoms. The summed E-state index contributed by atoms with van der Waals surface area (Å²) in [5, 5.41) is 0. The monoisotopic (exact) mass is 324 g/mol. The summed E-state index contributed by atoms with van der Waals surface area (Å²) in [5.74, 6) is -0.544. The molecular formula is C19H32O4. The van der Waals surface area contributed by atoms with Crippen molar-refractivity contribution in [2.75, 3.05) is 0 Å². The van der Waals surface area contributed by atoms with Gasteiger partial charge in [-0.1, -0.05) is 58.4 Å². The molecule has 0 aromatic carbocycles. The smallest absolute Gasteiger partial charge is 0.426 e. The Labute approximate surface area is 140 Å². The predicted octanol–water partition coefficient (Wildman–Crippen LogP) is 5.70. The number of ether oxygens (including phenoxy) is 2. The van der Waals surface area contributed by atoms with Crippen LogP contribution in [0.25, 0.3) is 0 Å². The van der Waals surface area contributed by atoms with E-state index in [4.69, 9.17) is 4.74 Å². The third-order valence-electron chi connectivity index (χ3n) is 4.33. The number of rotatable bonds is 4. The molecule has 1 aliphatic carbocycles. The van der Waals surface area contributed by atoms with Crippen LogP contribution >= 0.6 is 0 Å². The molecule has 4 nitrogen and oxygen atoms in total. The topological polar surface area (TPSA) is 52.6 Å². The lowest BCUT2D eigenvalue weighted by Gasteiger charge is -2.20. The van der Waals surface area contributed by atoms with Gasteiger partial charge < -0.3 is 9.47 Å². The van der Waals surface area contributed by atoms with Crippen LogP contribution in [-0.4, -0.2) is 18.2 Å². The average molecular weight is 324 g/mol. The summed E-state index contributed by atoms with van der Waals surface area (Å²) in [6.07, 6.45) is 14.1. The molecule has 0 N–H and O–H groups in total. The molecule has 23 heavy (non-hydrogen) atoms. The molecule has 0 bridgehead atoms. The van der Waals surface area contributed by atoms with Crippen molar-refractivity contribution in [2.24, 2.45) is 0 Å². The van der Waals surface area contributed by atoms with Crippen molar-refractivity contribution in [2.45, 2.75) is 97.0 Å². The van der Waals surface area contributed by atoms with Crippen LogP contribution in [-0.2, 0) is 14.3 Å². The van der Waals surface area contributed by atoms with E-state index in [0.717, 1.165) is 19.3 Å². The van der Waals surface area contributed by atoms with Gasteiger partial charge in [0.2, 0.25) is 0 Å². The fraction of sp³-hybridized carbons (Fsp3) is 0.789. The molecule has 1 aliphatic rings. The number of esters is 1. The molecule has 0 saturated carbocycles. The Balaban J connectivity index is 2.61. The Morgan fingerprint density at radius 2 is 1.61 bits per heavy atom. The highest BCUT2D eigenvalue weighted by atomic mass is 16.7. The van der Waals surface area contributed by atoms with Gasteiger partial charge in [-0.15, -0.1) is 0 Å². The quantitative estimate of drug-likeness (QED) is 0.378. The Kier molecular flexibility index (Phi) is 10.4. The van der Waals surface area contributed by atoms with Gasteiger partial charge in [-0.2, -0.15) is 0 Å². The fourth-order valence-electron chi connectivity index (χ4n) is 2.94. The first kappa shape index (κ1) is 19.7. The molecule has 0 fully saturated rings. The van der Waals surface area contributed by atoms with Crippen LogP contribution in [0.5, 0.6) is 0 Å². The fourth-order valence-corrected chi connectivity index (χ4v) is 2.94. The highest BCUT2D eigenvalue weighted by Crippen LogP contribution is 2.22. The summed E-state index contributed by atoms with van der Waals surface area (Å²) in [5.41, 5.74) is 1.19. The second-order valence-electron chi connectivity index (χ2n) is 6.24. The minimum atomic E-state index is -0.865. The van der Waals surface area contributed by atoms with E-state index in [2.05, 4.69) is 10.8 Å². The van der Waals surface area contributed by atoms with Crippen LogP contribution in [0.15, 0.2) is 11.6 Å². The van der Waals surface area contributed by atoms with Crippen molar-refractivity contribution in [3.8, 4) is 0 Å². The predicted molar refractivity (Wildman–Crippen MR) is 91.2 cm³/mol. The first-order chi connectivity index (χ1) is 11.2. The molecule has 0 radical (unpaired) electrons. The zero-order valence-electron chi connectivity index (χ0n) is 14.8. The first-order valence-electron chi connectivity index (χ1n) is 9.27. The molecule has 0 saturated heterocycles. The second kappa shape index (κ2) is 12.1. The van der Waals surface area contributed by atoms with Gasteiger partial charge in [-0.05, 0) is 37.7 Å². The SMILES string of the molecule is CCC(=O)OC(=O)OC(CC)C1=CCCCCCCCCCC1. The largest absolute Gasteiger partial charge is 0.516 e. The third-order valence-corrected chi connectivity index (χ3v) is 4.33. The van der Waals surface area contributed by atoms with Crippen molar-refractivity contribution < 1.29 is 19.1 Å². The molecule has 1 atom stereocenters. The third kappa shape index (κ3) is 8.77. The van der Waals surface area contributed by atoms with Crippen LogP contribution in [0, 0.1) is 0 Å². The van der Waals surface area contributed by atoms with E-state index < -0.39 is 12.1 Å². The van der Waals surface area contributed by atoms with Crippen molar-refractivity contribution in [3.63, 3.8) is 0 Å². The Morgan fingerprint density at radius 3 is 2.22 bits per heavy atom. The number of carbonyl (C=O) groups is 2. The van der Waals surface area contributed by atoms with E-state index in [1.54, 1.807) is 6.92 Å². The molecule has 0 heterocycles. The number of hydrogen-bond acceptors (Lipinski definition) is 4. The molecule has 1 unspecified atom stereocenters. The molecule has 1 rings (SSSR count). The maximum atomic E-state index is 11.7. The molecule has 0 aromatic heterocycles. The van der Waals surface area contributed by atoms with Gasteiger partial charge in [0.25, 0.3) is 0 Å². The summed E-state index contributed by atoms with van der Waals surface area (Å²) < 4.78 is 10.0. The van der Waals surface area contributed by atoms with Crippen molar-refractivity contribution in [1.29, 1.82) is 0 Å². The lowest BCUT2D eigenvalue weighted by atomic mass is 9.96. The van der Waals surface area contributed by atoms with Gasteiger partial charge >= 0.3 is 12.1 Å². The van der Waals surface area contributed by atoms with Crippen molar-refractivity contribution >= 4 is 12.1 Å². The minimum Gasteiger partial charge on any atom is -0.426 e. The minimum absolute atomic E-state index is 0.175. The lowest BCUT2D eigenvalue weighted by Crippen LogP contribution is -2.22. The van der Waals surface area contributed by atoms with Gasteiger partial charge in [0, 0.05) is 6.42 Å². The lowest BCUT2D eigenvalue weighted by molar-refractivity contribution is -0.139. The van der Waals surface area contributed by atoms with E-state index in [0.29, 0.717) is 6.42 Å². The summed E-state index contributed by atoms with van der Waals surface area (Å²) in [6, 6.07) is 0. The van der Waals surface area contributed by atoms with Crippen LogP contribution < -0.4 is 0 Å². The standard InChI is InChI=1S/C19H32O4/c1-3-17(22-19(21)23-18(20)4-2)16-14-12-10-8-6-5-7-9-11-13-15-16/h14,17H,3-13,15H2,1-2H3. The van der Waals surface area contributed by atoms with Crippen molar-refractivity contribution in [3.05, 3.63) is 11.6 Å². The van der Waals surface area contributed by atoms with Gasteiger partial charge in [0.1, 0.15) is 6.10 Å². The molecule has 0 amide bonds. The van der Waals surface area contributed by atoms with Gasteiger partial charge in [0.05, 0.1) is 0 Å². The van der Waals surface area contributed by atoms with Crippen LogP contribution in [0.2, 0.25) is 0 Å². The first-order valence-corrected chi connectivity index (χ1v) is 9.27. The molecule has 4 heteroatoms. The van der Waals surface area contributed by atoms with Crippen molar-refractivity contribution in [1.82, 2.24) is 0 Å². The normalized spacial score (nSPS) is 18.8. The Hall–Kier alpha value is -1.32. The number of hydrogen-bond donors (Lipinski definition) is 0. The zero-order chi connectivity index (χ0) is 16.9. The van der Waals surface area contributed by atoms with Crippen LogP contribution in [0.4, 0.5) is 4.79 Å². The van der Waals surface area contributed by atoms with Crippen LogP contribution in [0.1, 0.15) is 90.9 Å². The Morgan fingerprint density at radius 1 is 1.00 bits per heavy atom. The number of carbonyl (C=O) groups excluding carboxylic acids is 2. The maximum Gasteiger partial charge on any atom is 0.516 e. The van der Waals surface area contributed by atoms with E-state index in [1.807, 2.05) is 6.92 Å². The molecule has 132 valence electrons.